The maximum atomic E-state index is 7.44. The molecule has 0 aliphatic heterocycles. The van der Waals surface area contributed by atoms with Gasteiger partial charge in [0.15, 0.2) is 0 Å². The first kappa shape index (κ1) is 62.8. The quantitative estimate of drug-likeness (QED) is 0.0453. The van der Waals surface area contributed by atoms with Gasteiger partial charge in [-0.1, -0.05) is 273 Å². The van der Waals surface area contributed by atoms with E-state index in [0.29, 0.717) is 6.42 Å². The van der Waals surface area contributed by atoms with Crippen molar-refractivity contribution in [2.24, 2.45) is 5.92 Å². The van der Waals surface area contributed by atoms with Crippen LogP contribution in [0, 0.1) is 12.8 Å². The molecule has 0 heterocycles. The van der Waals surface area contributed by atoms with Crippen LogP contribution < -0.4 is 14.7 Å². The van der Waals surface area contributed by atoms with E-state index in [2.05, 4.69) is 375 Å². The molecular weight excluding hydrogens is 1240 g/mol. The molecule has 0 radical (unpaired) electrons. The molecule has 486 valence electrons. The van der Waals surface area contributed by atoms with Gasteiger partial charge in [0, 0.05) is 51.1 Å². The zero-order chi connectivity index (χ0) is 67.9. The first-order valence-corrected chi connectivity index (χ1v) is 36.0. The highest BCUT2D eigenvalue weighted by molar-refractivity contribution is 7.81. The molecule has 3 nitrogen and oxygen atoms in total. The first-order valence-electron chi connectivity index (χ1n) is 35.6. The summed E-state index contributed by atoms with van der Waals surface area (Å²) in [5.41, 5.74) is 19.0. The largest absolute Gasteiger partial charge is 0.334 e. The van der Waals surface area contributed by atoms with Crippen LogP contribution in [0.3, 0.4) is 0 Å². The molecule has 0 spiro atoms. The molecule has 2 unspecified atom stereocenters. The van der Waals surface area contributed by atoms with Crippen LogP contribution in [-0.4, -0.2) is 10.9 Å². The topological polar surface area (TPSA) is 9.72 Å². The lowest BCUT2D eigenvalue weighted by Gasteiger charge is -2.38. The zero-order valence-corrected chi connectivity index (χ0v) is 58.1. The van der Waals surface area contributed by atoms with Crippen LogP contribution in [0.1, 0.15) is 60.9 Å². The van der Waals surface area contributed by atoms with Gasteiger partial charge < -0.3 is 14.7 Å². The van der Waals surface area contributed by atoms with Crippen molar-refractivity contribution in [2.75, 3.05) is 14.7 Å². The number of hydrogen-bond acceptors (Lipinski definition) is 4. The Morgan fingerprint density at radius 1 is 0.455 bits per heavy atom. The molecule has 15 aromatic carbocycles. The summed E-state index contributed by atoms with van der Waals surface area (Å²) in [5.74, 6) is 0.229. The Kier molecular flexibility index (Phi) is 16.9. The van der Waals surface area contributed by atoms with Gasteiger partial charge in [-0.3, -0.25) is 0 Å². The molecule has 0 fully saturated rings. The number of rotatable bonds is 19. The molecular formula is C97H77N3S. The van der Waals surface area contributed by atoms with Gasteiger partial charge in [0.05, 0.1) is 11.7 Å². The molecule has 0 aromatic heterocycles. The Morgan fingerprint density at radius 2 is 0.901 bits per heavy atom. The zero-order valence-electron chi connectivity index (χ0n) is 57.3. The lowest BCUT2D eigenvalue weighted by atomic mass is 9.86. The molecule has 2 atom stereocenters. The normalized spacial score (nSPS) is 14.3. The average Bonchev–Trinajstić information content (AvgIpc) is 1.62. The monoisotopic (exact) mass is 1320 g/mol. The fourth-order valence-electron chi connectivity index (χ4n) is 15.8. The Morgan fingerprint density at radius 3 is 1.45 bits per heavy atom. The van der Waals surface area contributed by atoms with Crippen LogP contribution in [0.25, 0.3) is 81.5 Å². The van der Waals surface area contributed by atoms with E-state index >= 15 is 0 Å². The van der Waals surface area contributed by atoms with Crippen LogP contribution in [0.4, 0.5) is 34.1 Å². The lowest BCUT2D eigenvalue weighted by Crippen LogP contribution is -2.34. The second-order valence-electron chi connectivity index (χ2n) is 27.8. The van der Waals surface area contributed by atoms with E-state index in [1.807, 2.05) is 0 Å². The molecule has 15 aromatic rings. The predicted octanol–water partition coefficient (Wildman–Crippen LogP) is 26.3. The van der Waals surface area contributed by atoms with Crippen molar-refractivity contribution < 1.29 is 0 Å². The van der Waals surface area contributed by atoms with Crippen molar-refractivity contribution in [1.82, 2.24) is 0 Å². The van der Waals surface area contributed by atoms with Crippen molar-refractivity contribution in [1.29, 1.82) is 0 Å². The number of allylic oxidation sites excluding steroid dienone is 6. The summed E-state index contributed by atoms with van der Waals surface area (Å²) in [6, 6.07) is 114. The third-order valence-electron chi connectivity index (χ3n) is 20.9. The second kappa shape index (κ2) is 27.2. The summed E-state index contributed by atoms with van der Waals surface area (Å²) < 4.78 is 0. The van der Waals surface area contributed by atoms with Gasteiger partial charge in [-0.2, -0.15) is 0 Å². The van der Waals surface area contributed by atoms with Gasteiger partial charge in [-0.05, 0) is 252 Å². The molecule has 0 bridgehead atoms. The Labute approximate surface area is 597 Å². The maximum absolute atomic E-state index is 7.44. The van der Waals surface area contributed by atoms with Gasteiger partial charge in [-0.25, -0.2) is 0 Å². The van der Waals surface area contributed by atoms with Crippen molar-refractivity contribution in [2.45, 2.75) is 58.9 Å². The SMILES string of the molecule is CC(=Cc1ccccc1C)CC(CC=C(C=C(C)N(c1ccc2ccccc2c1)c1cc2ccccc2c2c1C2)C(=S)C1=CC(N(c2ccc3ccccc3c2)c2ccc3ccccc3c2)=CC(N(c2ccc3ccccc3c2)c2ccc3ccccc3c2)C1)Cc1ccc2ccccc2c1. The highest BCUT2D eigenvalue weighted by Crippen LogP contribution is 2.48. The highest BCUT2D eigenvalue weighted by Gasteiger charge is 2.32. The van der Waals surface area contributed by atoms with Crippen LogP contribution in [0.15, 0.2) is 362 Å². The fourth-order valence-corrected chi connectivity index (χ4v) is 16.0. The van der Waals surface area contributed by atoms with Gasteiger partial charge in [0.1, 0.15) is 0 Å². The molecule has 101 heavy (non-hydrogen) atoms. The standard InChI is InChI=1S/C97H77N3S/c1-65(51-76-27-5-4-20-66(76)2)50-68(53-69-36-38-70-21-6-12-28-77(70)54-69)37-39-84(52-67(3)98(86-45-40-71-22-7-13-29-78(71)55-86)96-62-83-34-18-19-35-93(83)94-64-95(94)96)97(101)85-60-91(99(87-46-41-72-23-8-14-30-79(72)56-87)88-47-42-73-24-9-15-31-80(73)57-88)63-92(61-85)100(89-48-43-74-25-10-16-32-81(74)58-89)90-49-44-75-26-11-17-33-82(75)59-90/h4-36,38-49,51-52,54-60,62-63,68,92H,37,50,53,61,64H2,1-3H3. The van der Waals surface area contributed by atoms with E-state index < -0.39 is 0 Å². The average molecular weight is 1320 g/mol. The number of nitrogens with zero attached hydrogens (tertiary/aromatic N) is 3. The number of thiocarbonyl (C=S) groups is 1. The second-order valence-corrected chi connectivity index (χ2v) is 28.2. The van der Waals surface area contributed by atoms with Gasteiger partial charge >= 0.3 is 0 Å². The van der Waals surface area contributed by atoms with Crippen molar-refractivity contribution in [3.05, 3.63) is 390 Å². The number of fused-ring (bicyclic) bond motifs is 9. The maximum Gasteiger partial charge on any atom is 0.0586 e. The van der Waals surface area contributed by atoms with E-state index in [-0.39, 0.29) is 12.0 Å². The predicted molar refractivity (Wildman–Crippen MR) is 437 cm³/mol. The molecule has 0 N–H and O–H groups in total. The summed E-state index contributed by atoms with van der Waals surface area (Å²) in [6.07, 6.45) is 16.5. The minimum Gasteiger partial charge on any atom is -0.334 e. The first-order chi connectivity index (χ1) is 49.6. The van der Waals surface area contributed by atoms with Gasteiger partial charge in [0.25, 0.3) is 0 Å². The van der Waals surface area contributed by atoms with Gasteiger partial charge in [0.2, 0.25) is 0 Å². The van der Waals surface area contributed by atoms with E-state index in [0.717, 1.165) is 81.5 Å². The van der Waals surface area contributed by atoms with E-state index in [9.17, 15) is 0 Å². The Bertz CT molecular complexity index is 5780. The summed E-state index contributed by atoms with van der Waals surface area (Å²) in [7, 11) is 0. The van der Waals surface area contributed by atoms with Gasteiger partial charge in [-0.15, -0.1) is 0 Å². The smallest absolute Gasteiger partial charge is 0.0586 e. The Balaban J connectivity index is 0.880. The van der Waals surface area contributed by atoms with Crippen molar-refractivity contribution in [3.8, 4) is 0 Å². The highest BCUT2D eigenvalue weighted by atomic mass is 32.1. The molecule has 2 aliphatic rings. The minimum absolute atomic E-state index is 0.225. The summed E-state index contributed by atoms with van der Waals surface area (Å²) in [6.45, 7) is 6.85. The molecule has 17 rings (SSSR count). The number of aryl methyl sites for hydroxylation is 1. The third-order valence-corrected chi connectivity index (χ3v) is 21.4. The molecule has 2 aliphatic carbocycles. The van der Waals surface area contributed by atoms with Crippen LogP contribution in [-0.2, 0) is 12.8 Å². The minimum atomic E-state index is -0.225. The number of hydrogen-bond donors (Lipinski definition) is 0. The lowest BCUT2D eigenvalue weighted by molar-refractivity contribution is 0.527. The van der Waals surface area contributed by atoms with Crippen molar-refractivity contribution >= 4 is 133 Å². The molecule has 0 amide bonds. The van der Waals surface area contributed by atoms with E-state index in [1.54, 1.807) is 0 Å². The van der Waals surface area contributed by atoms with Crippen molar-refractivity contribution in [3.63, 3.8) is 0 Å². The summed E-state index contributed by atoms with van der Waals surface area (Å²) in [5, 5.41) is 17.0. The summed E-state index contributed by atoms with van der Waals surface area (Å²) in [4.78, 5) is 8.42. The van der Waals surface area contributed by atoms with E-state index in [1.165, 1.54) is 114 Å². The Hall–Kier alpha value is -11.7. The summed E-state index contributed by atoms with van der Waals surface area (Å²) >= 11 is 7.44. The number of benzene rings is 15. The van der Waals surface area contributed by atoms with E-state index in [4.69, 9.17) is 12.2 Å². The number of anilines is 6. The molecule has 0 saturated heterocycles. The van der Waals surface area contributed by atoms with Crippen LogP contribution >= 0.6 is 12.2 Å². The fraction of sp³-hybridized carbons (Fsp3) is 0.103. The molecule has 4 heteroatoms. The van der Waals surface area contributed by atoms with Crippen LogP contribution in [0.5, 0.6) is 0 Å². The van der Waals surface area contributed by atoms with Crippen LogP contribution in [0.2, 0.25) is 0 Å². The molecule has 0 saturated carbocycles. The third kappa shape index (κ3) is 13.0.